The van der Waals surface area contributed by atoms with E-state index in [2.05, 4.69) is 15.9 Å². The quantitative estimate of drug-likeness (QED) is 0.801. The molecule has 0 N–H and O–H groups in total. The van der Waals surface area contributed by atoms with Crippen LogP contribution in [-0.4, -0.2) is 12.5 Å². The van der Waals surface area contributed by atoms with E-state index in [1.165, 1.54) is 6.07 Å². The maximum absolute atomic E-state index is 13.1. The number of nitrogens with zero attached hydrogens (tertiary/aromatic N) is 1. The van der Waals surface area contributed by atoms with Crippen molar-refractivity contribution in [2.75, 3.05) is 11.4 Å². The normalized spacial score (nSPS) is 10.4. The summed E-state index contributed by atoms with van der Waals surface area (Å²) in [5, 5.41) is 0. The number of hydrogen-bond donors (Lipinski definition) is 0. The van der Waals surface area contributed by atoms with Crippen LogP contribution in [-0.2, 0) is 4.79 Å². The maximum Gasteiger partial charge on any atom is 0.226 e. The Kier molecular flexibility index (Phi) is 5.62. The van der Waals surface area contributed by atoms with E-state index in [1.54, 1.807) is 17.0 Å². The summed E-state index contributed by atoms with van der Waals surface area (Å²) in [6.07, 6.45) is 2.22. The first-order valence-electron chi connectivity index (χ1n) is 5.85. The molecule has 0 aliphatic heterocycles. The van der Waals surface area contributed by atoms with E-state index < -0.39 is 0 Å². The van der Waals surface area contributed by atoms with Crippen molar-refractivity contribution in [2.45, 2.75) is 33.1 Å². The highest BCUT2D eigenvalue weighted by Gasteiger charge is 2.14. The lowest BCUT2D eigenvalue weighted by atomic mass is 10.2. The molecule has 1 rings (SSSR count). The molecule has 0 aliphatic rings. The first-order chi connectivity index (χ1) is 8.10. The van der Waals surface area contributed by atoms with E-state index in [4.69, 9.17) is 0 Å². The lowest BCUT2D eigenvalue weighted by Gasteiger charge is -2.22. The lowest BCUT2D eigenvalue weighted by Crippen LogP contribution is -2.31. The number of hydrogen-bond acceptors (Lipinski definition) is 1. The Morgan fingerprint density at radius 1 is 1.35 bits per heavy atom. The summed E-state index contributed by atoms with van der Waals surface area (Å²) < 4.78 is 13.5. The number of anilines is 1. The van der Waals surface area contributed by atoms with Gasteiger partial charge in [0, 0.05) is 18.7 Å². The molecule has 0 aliphatic carbocycles. The van der Waals surface area contributed by atoms with Gasteiger partial charge in [-0.1, -0.05) is 13.8 Å². The van der Waals surface area contributed by atoms with Crippen molar-refractivity contribution < 1.29 is 9.18 Å². The molecule has 0 saturated heterocycles. The van der Waals surface area contributed by atoms with Crippen LogP contribution in [0.25, 0.3) is 0 Å². The Balaban J connectivity index is 2.96. The van der Waals surface area contributed by atoms with Crippen LogP contribution in [0.15, 0.2) is 22.7 Å². The van der Waals surface area contributed by atoms with Gasteiger partial charge in [-0.05, 0) is 47.0 Å². The fourth-order valence-electron chi connectivity index (χ4n) is 1.62. The van der Waals surface area contributed by atoms with Gasteiger partial charge in [0.05, 0.1) is 4.47 Å². The second-order valence-corrected chi connectivity index (χ2v) is 4.75. The van der Waals surface area contributed by atoms with E-state index in [0.29, 0.717) is 17.4 Å². The molecule has 0 bridgehead atoms. The van der Waals surface area contributed by atoms with E-state index in [9.17, 15) is 9.18 Å². The van der Waals surface area contributed by atoms with Gasteiger partial charge in [0.2, 0.25) is 5.91 Å². The van der Waals surface area contributed by atoms with Crippen molar-refractivity contribution in [2.24, 2.45) is 0 Å². The average molecular weight is 302 g/mol. The van der Waals surface area contributed by atoms with Crippen LogP contribution in [0.5, 0.6) is 0 Å². The summed E-state index contributed by atoms with van der Waals surface area (Å²) in [7, 11) is 0. The van der Waals surface area contributed by atoms with E-state index in [1.807, 2.05) is 13.8 Å². The maximum atomic E-state index is 13.1. The van der Waals surface area contributed by atoms with E-state index >= 15 is 0 Å². The summed E-state index contributed by atoms with van der Waals surface area (Å²) in [6, 6.07) is 4.67. The SMILES string of the molecule is CCCC(=O)N(CCC)c1ccc(F)c(Br)c1. The fraction of sp³-hybridized carbons (Fsp3) is 0.462. The zero-order valence-electron chi connectivity index (χ0n) is 10.2. The van der Waals surface area contributed by atoms with Crippen molar-refractivity contribution in [3.05, 3.63) is 28.5 Å². The predicted molar refractivity (Wildman–Crippen MR) is 71.7 cm³/mol. The highest BCUT2D eigenvalue weighted by molar-refractivity contribution is 9.10. The second kappa shape index (κ2) is 6.74. The number of amides is 1. The monoisotopic (exact) mass is 301 g/mol. The zero-order valence-corrected chi connectivity index (χ0v) is 11.8. The molecular weight excluding hydrogens is 285 g/mol. The van der Waals surface area contributed by atoms with Crippen LogP contribution in [0.4, 0.5) is 10.1 Å². The summed E-state index contributed by atoms with van der Waals surface area (Å²) >= 11 is 3.14. The standard InChI is InChI=1S/C13H17BrFNO/c1-3-5-13(17)16(8-4-2)10-6-7-12(15)11(14)9-10/h6-7,9H,3-5,8H2,1-2H3. The number of carbonyl (C=O) groups is 1. The zero-order chi connectivity index (χ0) is 12.8. The molecule has 0 fully saturated rings. The number of halogens is 2. The van der Waals surface area contributed by atoms with Crippen molar-refractivity contribution in [3.63, 3.8) is 0 Å². The highest BCUT2D eigenvalue weighted by atomic mass is 79.9. The molecule has 4 heteroatoms. The van der Waals surface area contributed by atoms with Crippen LogP contribution in [0.3, 0.4) is 0 Å². The van der Waals surface area contributed by atoms with Gasteiger partial charge in [-0.2, -0.15) is 0 Å². The predicted octanol–water partition coefficient (Wildman–Crippen LogP) is 4.13. The van der Waals surface area contributed by atoms with Gasteiger partial charge >= 0.3 is 0 Å². The van der Waals surface area contributed by atoms with Crippen LogP contribution in [0.1, 0.15) is 33.1 Å². The molecule has 0 radical (unpaired) electrons. The van der Waals surface area contributed by atoms with Gasteiger partial charge in [0.25, 0.3) is 0 Å². The molecule has 1 aromatic rings. The number of benzene rings is 1. The summed E-state index contributed by atoms with van der Waals surface area (Å²) in [4.78, 5) is 13.7. The van der Waals surface area contributed by atoms with E-state index in [0.717, 1.165) is 18.5 Å². The fourth-order valence-corrected chi connectivity index (χ4v) is 1.99. The molecule has 0 spiro atoms. The Morgan fingerprint density at radius 3 is 2.59 bits per heavy atom. The van der Waals surface area contributed by atoms with Crippen molar-refractivity contribution >= 4 is 27.5 Å². The van der Waals surface area contributed by atoms with Crippen LogP contribution < -0.4 is 4.90 Å². The van der Waals surface area contributed by atoms with E-state index in [-0.39, 0.29) is 11.7 Å². The topological polar surface area (TPSA) is 20.3 Å². The third kappa shape index (κ3) is 3.80. The van der Waals surface area contributed by atoms with Crippen molar-refractivity contribution in [1.82, 2.24) is 0 Å². The third-order valence-electron chi connectivity index (χ3n) is 2.43. The number of carbonyl (C=O) groups excluding carboxylic acids is 1. The van der Waals surface area contributed by atoms with Gasteiger partial charge in [0.1, 0.15) is 5.82 Å². The Bertz CT molecular complexity index is 395. The Hall–Kier alpha value is -0.900. The molecule has 0 aromatic heterocycles. The van der Waals surface area contributed by atoms with Gasteiger partial charge in [-0.15, -0.1) is 0 Å². The minimum Gasteiger partial charge on any atom is -0.312 e. The summed E-state index contributed by atoms with van der Waals surface area (Å²) in [6.45, 7) is 4.66. The minimum absolute atomic E-state index is 0.0906. The molecule has 0 atom stereocenters. The van der Waals surface area contributed by atoms with Gasteiger partial charge in [0.15, 0.2) is 0 Å². The highest BCUT2D eigenvalue weighted by Crippen LogP contribution is 2.24. The molecule has 0 saturated carbocycles. The molecule has 1 aromatic carbocycles. The smallest absolute Gasteiger partial charge is 0.226 e. The Morgan fingerprint density at radius 2 is 2.06 bits per heavy atom. The number of rotatable bonds is 5. The first kappa shape index (κ1) is 14.2. The molecule has 0 unspecified atom stereocenters. The average Bonchev–Trinajstić information content (AvgIpc) is 2.30. The van der Waals surface area contributed by atoms with Gasteiger partial charge < -0.3 is 4.90 Å². The van der Waals surface area contributed by atoms with Crippen LogP contribution >= 0.6 is 15.9 Å². The van der Waals surface area contributed by atoms with Crippen LogP contribution in [0, 0.1) is 5.82 Å². The lowest BCUT2D eigenvalue weighted by molar-refractivity contribution is -0.118. The molecule has 17 heavy (non-hydrogen) atoms. The van der Waals surface area contributed by atoms with Crippen LogP contribution in [0.2, 0.25) is 0 Å². The third-order valence-corrected chi connectivity index (χ3v) is 3.03. The summed E-state index contributed by atoms with van der Waals surface area (Å²) in [5.74, 6) is -0.221. The second-order valence-electron chi connectivity index (χ2n) is 3.89. The van der Waals surface area contributed by atoms with Crippen molar-refractivity contribution in [3.8, 4) is 0 Å². The minimum atomic E-state index is -0.312. The Labute approximate surface area is 110 Å². The molecular formula is C13H17BrFNO. The van der Waals surface area contributed by atoms with Crippen molar-refractivity contribution in [1.29, 1.82) is 0 Å². The first-order valence-corrected chi connectivity index (χ1v) is 6.64. The molecule has 94 valence electrons. The molecule has 2 nitrogen and oxygen atoms in total. The van der Waals surface area contributed by atoms with Gasteiger partial charge in [-0.3, -0.25) is 4.79 Å². The molecule has 1 amide bonds. The largest absolute Gasteiger partial charge is 0.312 e. The van der Waals surface area contributed by atoms with Gasteiger partial charge in [-0.25, -0.2) is 4.39 Å². The molecule has 0 heterocycles. The summed E-state index contributed by atoms with van der Waals surface area (Å²) in [5.41, 5.74) is 0.749.